The van der Waals surface area contributed by atoms with E-state index in [0.717, 1.165) is 5.56 Å². The van der Waals surface area contributed by atoms with Gasteiger partial charge in [0.15, 0.2) is 0 Å². The van der Waals surface area contributed by atoms with Crippen LogP contribution in [0, 0.1) is 0 Å². The highest BCUT2D eigenvalue weighted by molar-refractivity contribution is 5.73. The first-order valence-corrected chi connectivity index (χ1v) is 4.55. The second kappa shape index (κ2) is 3.53. The minimum absolute atomic E-state index is 0.112. The average molecular weight is 201 g/mol. The Morgan fingerprint density at radius 1 is 0.933 bits per heavy atom. The fourth-order valence-corrected chi connectivity index (χ4v) is 1.47. The van der Waals surface area contributed by atoms with Gasteiger partial charge in [0.05, 0.1) is 0 Å². The third-order valence-electron chi connectivity index (χ3n) is 2.18. The first-order valence-electron chi connectivity index (χ1n) is 4.55. The molecular weight excluding hydrogens is 190 g/mol. The van der Waals surface area contributed by atoms with Crippen molar-refractivity contribution in [3.8, 4) is 22.6 Å². The molecule has 0 aliphatic rings. The molecule has 0 aromatic heterocycles. The molecule has 2 aromatic carbocycles. The highest BCUT2D eigenvalue weighted by atomic mass is 16.3. The first-order chi connectivity index (χ1) is 7.16. The maximum Gasteiger partial charge on any atom is 0.125 e. The minimum Gasteiger partial charge on any atom is -0.508 e. The van der Waals surface area contributed by atoms with E-state index in [1.165, 1.54) is 6.07 Å². The number of anilines is 1. The van der Waals surface area contributed by atoms with Crippen LogP contribution in [-0.2, 0) is 0 Å². The van der Waals surface area contributed by atoms with E-state index in [1.54, 1.807) is 30.3 Å². The van der Waals surface area contributed by atoms with Crippen LogP contribution in [0.3, 0.4) is 0 Å². The number of phenolic OH excluding ortho intramolecular Hbond substituents is 2. The first kappa shape index (κ1) is 9.40. The molecule has 76 valence electrons. The number of hydrogen-bond donors (Lipinski definition) is 3. The molecule has 0 bridgehead atoms. The molecular formula is C12H11NO2. The fourth-order valence-electron chi connectivity index (χ4n) is 1.47. The van der Waals surface area contributed by atoms with Crippen molar-refractivity contribution in [2.24, 2.45) is 0 Å². The number of benzene rings is 2. The van der Waals surface area contributed by atoms with Gasteiger partial charge in [-0.25, -0.2) is 0 Å². The zero-order valence-electron chi connectivity index (χ0n) is 8.01. The van der Waals surface area contributed by atoms with E-state index in [9.17, 15) is 10.2 Å². The van der Waals surface area contributed by atoms with E-state index in [-0.39, 0.29) is 11.5 Å². The van der Waals surface area contributed by atoms with Gasteiger partial charge in [-0.3, -0.25) is 0 Å². The number of nitrogens with two attached hydrogens (primary N) is 1. The Morgan fingerprint density at radius 2 is 1.73 bits per heavy atom. The maximum atomic E-state index is 9.67. The van der Waals surface area contributed by atoms with Gasteiger partial charge in [0.1, 0.15) is 11.5 Å². The average Bonchev–Trinajstić information content (AvgIpc) is 2.17. The van der Waals surface area contributed by atoms with Crippen molar-refractivity contribution in [3.05, 3.63) is 42.5 Å². The summed E-state index contributed by atoms with van der Waals surface area (Å²) in [5.74, 6) is 0.282. The molecule has 0 spiro atoms. The van der Waals surface area contributed by atoms with Crippen LogP contribution in [0.25, 0.3) is 11.1 Å². The Labute approximate surface area is 87.4 Å². The van der Waals surface area contributed by atoms with E-state index < -0.39 is 0 Å². The molecule has 0 aliphatic heterocycles. The summed E-state index contributed by atoms with van der Waals surface area (Å²) < 4.78 is 0. The van der Waals surface area contributed by atoms with E-state index in [0.29, 0.717) is 11.3 Å². The van der Waals surface area contributed by atoms with Gasteiger partial charge in [-0.05, 0) is 29.8 Å². The molecule has 0 fully saturated rings. The normalized spacial score (nSPS) is 10.1. The highest BCUT2D eigenvalue weighted by Gasteiger charge is 2.04. The molecule has 0 saturated heterocycles. The van der Waals surface area contributed by atoms with Crippen molar-refractivity contribution in [3.63, 3.8) is 0 Å². The van der Waals surface area contributed by atoms with Crippen molar-refractivity contribution in [1.29, 1.82) is 0 Å². The molecule has 15 heavy (non-hydrogen) atoms. The predicted molar refractivity (Wildman–Crippen MR) is 59.6 cm³/mol. The summed E-state index contributed by atoms with van der Waals surface area (Å²) in [5.41, 5.74) is 7.45. The third kappa shape index (κ3) is 1.86. The molecule has 2 rings (SSSR count). The summed E-state index contributed by atoms with van der Waals surface area (Å²) in [6, 6.07) is 11.6. The lowest BCUT2D eigenvalue weighted by atomic mass is 10.0. The van der Waals surface area contributed by atoms with Gasteiger partial charge in [-0.15, -0.1) is 0 Å². The molecule has 0 saturated carbocycles. The Bertz CT molecular complexity index is 495. The van der Waals surface area contributed by atoms with Crippen LogP contribution < -0.4 is 5.73 Å². The van der Waals surface area contributed by atoms with Gasteiger partial charge < -0.3 is 15.9 Å². The quantitative estimate of drug-likeness (QED) is 0.620. The lowest BCUT2D eigenvalue weighted by molar-refractivity contribution is 0.474. The molecule has 0 atom stereocenters. The summed E-state index contributed by atoms with van der Waals surface area (Å²) in [6.07, 6.45) is 0. The summed E-state index contributed by atoms with van der Waals surface area (Å²) in [7, 11) is 0. The van der Waals surface area contributed by atoms with Gasteiger partial charge in [0.25, 0.3) is 0 Å². The highest BCUT2D eigenvalue weighted by Crippen LogP contribution is 2.32. The van der Waals surface area contributed by atoms with E-state index in [4.69, 9.17) is 5.73 Å². The van der Waals surface area contributed by atoms with Gasteiger partial charge in [-0.1, -0.05) is 12.1 Å². The topological polar surface area (TPSA) is 66.5 Å². The number of aromatic hydroxyl groups is 2. The maximum absolute atomic E-state index is 9.67. The summed E-state index contributed by atoms with van der Waals surface area (Å²) in [4.78, 5) is 0. The summed E-state index contributed by atoms with van der Waals surface area (Å²) >= 11 is 0. The Hall–Kier alpha value is -2.16. The van der Waals surface area contributed by atoms with Crippen LogP contribution in [0.1, 0.15) is 0 Å². The molecule has 0 radical (unpaired) electrons. The van der Waals surface area contributed by atoms with E-state index in [2.05, 4.69) is 0 Å². The lowest BCUT2D eigenvalue weighted by Gasteiger charge is -2.05. The van der Waals surface area contributed by atoms with Crippen LogP contribution in [0.2, 0.25) is 0 Å². The molecule has 3 heteroatoms. The van der Waals surface area contributed by atoms with Crippen LogP contribution in [-0.4, -0.2) is 10.2 Å². The summed E-state index contributed by atoms with van der Waals surface area (Å²) in [5, 5.41) is 19.0. The predicted octanol–water partition coefficient (Wildman–Crippen LogP) is 2.35. The standard InChI is InChI=1S/C12H11NO2/c13-9-4-5-11(12(15)7-9)8-2-1-3-10(14)6-8/h1-7,14-15H,13H2. The zero-order chi connectivity index (χ0) is 10.8. The number of hydrogen-bond acceptors (Lipinski definition) is 3. The molecule has 0 amide bonds. The number of phenols is 2. The van der Waals surface area contributed by atoms with E-state index in [1.807, 2.05) is 6.07 Å². The van der Waals surface area contributed by atoms with Crippen molar-refractivity contribution < 1.29 is 10.2 Å². The third-order valence-corrected chi connectivity index (χ3v) is 2.18. The van der Waals surface area contributed by atoms with Crippen LogP contribution >= 0.6 is 0 Å². The SMILES string of the molecule is Nc1ccc(-c2cccc(O)c2)c(O)c1. The van der Waals surface area contributed by atoms with Gasteiger partial charge in [-0.2, -0.15) is 0 Å². The van der Waals surface area contributed by atoms with Gasteiger partial charge >= 0.3 is 0 Å². The zero-order valence-corrected chi connectivity index (χ0v) is 8.01. The van der Waals surface area contributed by atoms with Crippen molar-refractivity contribution in [1.82, 2.24) is 0 Å². The second-order valence-electron chi connectivity index (χ2n) is 3.33. The van der Waals surface area contributed by atoms with E-state index >= 15 is 0 Å². The van der Waals surface area contributed by atoms with Crippen LogP contribution in [0.15, 0.2) is 42.5 Å². The Morgan fingerprint density at radius 3 is 2.40 bits per heavy atom. The summed E-state index contributed by atoms with van der Waals surface area (Å²) in [6.45, 7) is 0. The Balaban J connectivity index is 2.54. The Kier molecular flexibility index (Phi) is 2.21. The second-order valence-corrected chi connectivity index (χ2v) is 3.33. The smallest absolute Gasteiger partial charge is 0.125 e. The molecule has 2 aromatic rings. The van der Waals surface area contributed by atoms with Crippen molar-refractivity contribution in [2.45, 2.75) is 0 Å². The lowest BCUT2D eigenvalue weighted by Crippen LogP contribution is -1.85. The molecule has 0 heterocycles. The molecule has 3 nitrogen and oxygen atoms in total. The minimum atomic E-state index is 0.112. The molecule has 0 unspecified atom stereocenters. The van der Waals surface area contributed by atoms with Gasteiger partial charge in [0, 0.05) is 17.3 Å². The van der Waals surface area contributed by atoms with Gasteiger partial charge in [0.2, 0.25) is 0 Å². The molecule has 4 N–H and O–H groups in total. The van der Waals surface area contributed by atoms with Crippen molar-refractivity contribution >= 4 is 5.69 Å². The molecule has 0 aliphatic carbocycles. The largest absolute Gasteiger partial charge is 0.508 e. The number of nitrogen functional groups attached to an aromatic ring is 1. The van der Waals surface area contributed by atoms with Crippen LogP contribution in [0.4, 0.5) is 5.69 Å². The number of rotatable bonds is 1. The van der Waals surface area contributed by atoms with Crippen molar-refractivity contribution in [2.75, 3.05) is 5.73 Å². The van der Waals surface area contributed by atoms with Crippen LogP contribution in [0.5, 0.6) is 11.5 Å². The monoisotopic (exact) mass is 201 g/mol. The fraction of sp³-hybridized carbons (Fsp3) is 0.